The zero-order chi connectivity index (χ0) is 21.6. The van der Waals surface area contributed by atoms with Crippen LogP contribution in [-0.4, -0.2) is 0 Å². The lowest BCUT2D eigenvalue weighted by Crippen LogP contribution is -2.35. The molecule has 3 aliphatic rings. The third kappa shape index (κ3) is 1.91. The summed E-state index contributed by atoms with van der Waals surface area (Å²) in [6, 6.07) is 44.4. The predicted molar refractivity (Wildman–Crippen MR) is 131 cm³/mol. The smallest absolute Gasteiger partial charge is 0.128 e. The van der Waals surface area contributed by atoms with Gasteiger partial charge in [0.1, 0.15) is 11.2 Å². The van der Waals surface area contributed by atoms with Crippen LogP contribution in [0.1, 0.15) is 45.2 Å². The van der Waals surface area contributed by atoms with Gasteiger partial charge in [0.25, 0.3) is 0 Å². The van der Waals surface area contributed by atoms with Crippen molar-refractivity contribution in [1.29, 1.82) is 0 Å². The van der Waals surface area contributed by atoms with Crippen molar-refractivity contribution < 1.29 is 4.74 Å². The van der Waals surface area contributed by atoms with Crippen molar-refractivity contribution in [3.8, 4) is 0 Å². The molecule has 2 aliphatic heterocycles. The van der Waals surface area contributed by atoms with E-state index in [9.17, 15) is 0 Å². The van der Waals surface area contributed by atoms with Gasteiger partial charge in [-0.1, -0.05) is 121 Å². The Morgan fingerprint density at radius 1 is 0.455 bits per heavy atom. The first-order valence-corrected chi connectivity index (χ1v) is 11.8. The summed E-state index contributed by atoms with van der Waals surface area (Å²) >= 11 is 0. The topological polar surface area (TPSA) is 9.23 Å². The van der Waals surface area contributed by atoms with Gasteiger partial charge in [-0.2, -0.15) is 0 Å². The first-order valence-electron chi connectivity index (χ1n) is 11.8. The molecule has 4 atom stereocenters. The summed E-state index contributed by atoms with van der Waals surface area (Å²) in [4.78, 5) is 0. The maximum Gasteiger partial charge on any atom is 0.128 e. The molecule has 0 aromatic heterocycles. The molecule has 1 aliphatic carbocycles. The number of ether oxygens (including phenoxy) is 1. The predicted octanol–water partition coefficient (Wildman–Crippen LogP) is 7.25. The molecule has 0 spiro atoms. The van der Waals surface area contributed by atoms with E-state index in [0.29, 0.717) is 0 Å². The van der Waals surface area contributed by atoms with E-state index in [1.165, 1.54) is 44.2 Å². The lowest BCUT2D eigenvalue weighted by atomic mass is 9.60. The van der Waals surface area contributed by atoms with E-state index in [2.05, 4.69) is 121 Å². The second-order valence-corrected chi connectivity index (χ2v) is 9.60. The highest BCUT2D eigenvalue weighted by molar-refractivity contribution is 5.94. The summed E-state index contributed by atoms with van der Waals surface area (Å²) in [5.74, 6) is 0.437. The highest BCUT2D eigenvalue weighted by Crippen LogP contribution is 2.76. The van der Waals surface area contributed by atoms with Crippen molar-refractivity contribution in [3.05, 3.63) is 155 Å². The quantitative estimate of drug-likeness (QED) is 0.291. The van der Waals surface area contributed by atoms with E-state index in [1.807, 2.05) is 0 Å². The summed E-state index contributed by atoms with van der Waals surface area (Å²) in [6.45, 7) is 0. The monoisotopic (exact) mass is 422 g/mol. The zero-order valence-corrected chi connectivity index (χ0v) is 18.1. The van der Waals surface area contributed by atoms with Gasteiger partial charge in [0.2, 0.25) is 0 Å². The van der Waals surface area contributed by atoms with E-state index < -0.39 is 11.2 Å². The van der Waals surface area contributed by atoms with Crippen LogP contribution < -0.4 is 0 Å². The lowest BCUT2D eigenvalue weighted by molar-refractivity contribution is -0.0480. The molecule has 8 rings (SSSR count). The van der Waals surface area contributed by atoms with Crippen LogP contribution in [0.5, 0.6) is 0 Å². The van der Waals surface area contributed by atoms with Crippen molar-refractivity contribution in [1.82, 2.24) is 0 Å². The second kappa shape index (κ2) is 6.01. The van der Waals surface area contributed by atoms with E-state index in [-0.39, 0.29) is 11.8 Å². The molecule has 2 heterocycles. The lowest BCUT2D eigenvalue weighted by Gasteiger charge is -2.38. The van der Waals surface area contributed by atoms with Crippen molar-refractivity contribution in [3.63, 3.8) is 0 Å². The van der Waals surface area contributed by atoms with E-state index in [1.54, 1.807) is 0 Å². The molecule has 5 aromatic rings. The standard InChI is InChI=1S/C32H22O/c1-3-13-22(14-4-1)31-26-19-7-8-20-27(26)32(33-31,23-15-5-2-6-16-23)30-25-18-10-12-21-11-9-17-24(28(21)25)29(30)31/h1-20,29-30H/t29-,30+,31+,32-. The summed E-state index contributed by atoms with van der Waals surface area (Å²) in [5, 5.41) is 2.75. The summed E-state index contributed by atoms with van der Waals surface area (Å²) in [6.07, 6.45) is 0. The number of hydrogen-bond donors (Lipinski definition) is 0. The van der Waals surface area contributed by atoms with Crippen molar-refractivity contribution in [2.75, 3.05) is 0 Å². The van der Waals surface area contributed by atoms with Crippen molar-refractivity contribution in [2.24, 2.45) is 0 Å². The van der Waals surface area contributed by atoms with Crippen LogP contribution in [0, 0.1) is 0 Å². The average Bonchev–Trinajstić information content (AvgIpc) is 3.51. The van der Waals surface area contributed by atoms with Crippen LogP contribution >= 0.6 is 0 Å². The Morgan fingerprint density at radius 3 is 1.39 bits per heavy atom. The van der Waals surface area contributed by atoms with Gasteiger partial charge in [-0.25, -0.2) is 0 Å². The number of fused-ring (bicyclic) bond motifs is 10. The van der Waals surface area contributed by atoms with Crippen LogP contribution in [0.25, 0.3) is 10.8 Å². The van der Waals surface area contributed by atoms with Crippen LogP contribution in [0.3, 0.4) is 0 Å². The first-order chi connectivity index (χ1) is 16.4. The molecule has 0 amide bonds. The second-order valence-electron chi connectivity index (χ2n) is 9.60. The zero-order valence-electron chi connectivity index (χ0n) is 18.1. The van der Waals surface area contributed by atoms with Crippen LogP contribution in [-0.2, 0) is 15.9 Å². The van der Waals surface area contributed by atoms with Gasteiger partial charge >= 0.3 is 0 Å². The van der Waals surface area contributed by atoms with Crippen molar-refractivity contribution in [2.45, 2.75) is 23.0 Å². The minimum absolute atomic E-state index is 0.219. The Bertz CT molecular complexity index is 1440. The fourth-order valence-corrected chi connectivity index (χ4v) is 7.30. The molecule has 0 radical (unpaired) electrons. The Labute approximate surface area is 193 Å². The fourth-order valence-electron chi connectivity index (χ4n) is 7.30. The molecule has 2 bridgehead atoms. The maximum atomic E-state index is 7.55. The van der Waals surface area contributed by atoms with Gasteiger partial charge in [-0.3, -0.25) is 0 Å². The molecular weight excluding hydrogens is 400 g/mol. The molecule has 0 saturated carbocycles. The van der Waals surface area contributed by atoms with Crippen LogP contribution in [0.4, 0.5) is 0 Å². The molecule has 5 aromatic carbocycles. The van der Waals surface area contributed by atoms with Gasteiger partial charge in [0, 0.05) is 11.8 Å². The Morgan fingerprint density at radius 2 is 0.909 bits per heavy atom. The molecule has 1 saturated heterocycles. The number of benzene rings is 5. The molecular formula is C32H22O. The molecule has 1 nitrogen and oxygen atoms in total. The number of rotatable bonds is 2. The Hall–Kier alpha value is -3.68. The third-order valence-corrected chi connectivity index (χ3v) is 8.30. The van der Waals surface area contributed by atoms with Crippen LogP contribution in [0.2, 0.25) is 0 Å². The van der Waals surface area contributed by atoms with Gasteiger partial charge in [0.15, 0.2) is 0 Å². The van der Waals surface area contributed by atoms with E-state index in [0.717, 1.165) is 0 Å². The van der Waals surface area contributed by atoms with Crippen LogP contribution in [0.15, 0.2) is 121 Å². The fraction of sp³-hybridized carbons (Fsp3) is 0.125. The molecule has 1 fully saturated rings. The van der Waals surface area contributed by atoms with Gasteiger partial charge in [-0.05, 0) is 44.2 Å². The highest BCUT2D eigenvalue weighted by atomic mass is 16.5. The van der Waals surface area contributed by atoms with E-state index in [4.69, 9.17) is 4.74 Å². The maximum absolute atomic E-state index is 7.55. The normalized spacial score (nSPS) is 28.1. The number of hydrogen-bond acceptors (Lipinski definition) is 1. The van der Waals surface area contributed by atoms with E-state index >= 15 is 0 Å². The first kappa shape index (κ1) is 17.8. The Kier molecular flexibility index (Phi) is 3.24. The summed E-state index contributed by atoms with van der Waals surface area (Å²) in [7, 11) is 0. The average molecular weight is 423 g/mol. The Balaban J connectivity index is 1.57. The van der Waals surface area contributed by atoms with Gasteiger partial charge in [0.05, 0.1) is 0 Å². The largest absolute Gasteiger partial charge is 0.348 e. The molecule has 0 N–H and O–H groups in total. The SMILES string of the molecule is c1ccc([C@]23O[C@](c4ccccc4)(c4ccccc42)[C@H]2c4cccc5cccc(c45)[C@H]23)cc1. The molecule has 1 heteroatoms. The van der Waals surface area contributed by atoms with Gasteiger partial charge < -0.3 is 4.74 Å². The minimum Gasteiger partial charge on any atom is -0.348 e. The summed E-state index contributed by atoms with van der Waals surface area (Å²) < 4.78 is 7.55. The highest BCUT2D eigenvalue weighted by Gasteiger charge is 2.73. The molecule has 156 valence electrons. The van der Waals surface area contributed by atoms with Gasteiger partial charge in [-0.15, -0.1) is 0 Å². The summed E-state index contributed by atoms with van der Waals surface area (Å²) in [5.41, 5.74) is 6.91. The van der Waals surface area contributed by atoms with Crippen molar-refractivity contribution >= 4 is 10.8 Å². The minimum atomic E-state index is -0.522. The molecule has 33 heavy (non-hydrogen) atoms. The third-order valence-electron chi connectivity index (χ3n) is 8.30. The molecule has 0 unspecified atom stereocenters.